The van der Waals surface area contributed by atoms with E-state index in [1.54, 1.807) is 0 Å². The van der Waals surface area contributed by atoms with Gasteiger partial charge in [0, 0.05) is 12.2 Å². The van der Waals surface area contributed by atoms with E-state index in [4.69, 9.17) is 4.42 Å². The number of hydrogen-bond acceptors (Lipinski definition) is 3. The van der Waals surface area contributed by atoms with Crippen LogP contribution >= 0.6 is 0 Å². The van der Waals surface area contributed by atoms with Crippen LogP contribution in [-0.2, 0) is 0 Å². The molecule has 0 aliphatic rings. The molecular weight excluding hydrogens is 214 g/mol. The van der Waals surface area contributed by atoms with Gasteiger partial charge in [-0.1, -0.05) is 0 Å². The summed E-state index contributed by atoms with van der Waals surface area (Å²) in [6.07, 6.45) is 3.85. The second kappa shape index (κ2) is 4.65. The average Bonchev–Trinajstić information content (AvgIpc) is 2.86. The van der Waals surface area contributed by atoms with Crippen LogP contribution in [0.25, 0.3) is 0 Å². The zero-order valence-electron chi connectivity index (χ0n) is 10.8. The highest BCUT2D eigenvalue weighted by molar-refractivity contribution is 5.40. The van der Waals surface area contributed by atoms with Crippen molar-refractivity contribution >= 4 is 5.69 Å². The van der Waals surface area contributed by atoms with Gasteiger partial charge in [0.15, 0.2) is 0 Å². The van der Waals surface area contributed by atoms with E-state index in [9.17, 15) is 0 Å². The van der Waals surface area contributed by atoms with E-state index in [1.807, 2.05) is 36.1 Å². The average molecular weight is 233 g/mol. The van der Waals surface area contributed by atoms with Crippen molar-refractivity contribution in [1.82, 2.24) is 9.78 Å². The zero-order chi connectivity index (χ0) is 12.4. The first-order valence-corrected chi connectivity index (χ1v) is 5.93. The number of anilines is 1. The highest BCUT2D eigenvalue weighted by atomic mass is 16.3. The maximum Gasteiger partial charge on any atom is 0.126 e. The highest BCUT2D eigenvalue weighted by Crippen LogP contribution is 2.21. The quantitative estimate of drug-likeness (QED) is 0.878. The van der Waals surface area contributed by atoms with Gasteiger partial charge in [-0.05, 0) is 39.8 Å². The van der Waals surface area contributed by atoms with Gasteiger partial charge >= 0.3 is 0 Å². The largest absolute Gasteiger partial charge is 0.464 e. The molecule has 0 spiro atoms. The normalized spacial score (nSPS) is 13.0. The number of aryl methyl sites for hydroxylation is 1. The summed E-state index contributed by atoms with van der Waals surface area (Å²) in [5.41, 5.74) is 1.01. The number of rotatable bonds is 4. The topological polar surface area (TPSA) is 43.0 Å². The van der Waals surface area contributed by atoms with Gasteiger partial charge in [-0.3, -0.25) is 4.68 Å². The summed E-state index contributed by atoms with van der Waals surface area (Å²) in [5, 5.41) is 7.66. The number of nitrogens with one attached hydrogen (secondary N) is 1. The first-order valence-electron chi connectivity index (χ1n) is 5.93. The summed E-state index contributed by atoms with van der Waals surface area (Å²) in [4.78, 5) is 0. The fourth-order valence-electron chi connectivity index (χ4n) is 1.70. The van der Waals surface area contributed by atoms with Crippen molar-refractivity contribution in [2.75, 3.05) is 5.32 Å². The lowest BCUT2D eigenvalue weighted by Crippen LogP contribution is -2.05. The second-order valence-electron chi connectivity index (χ2n) is 4.62. The molecule has 1 atom stereocenters. The monoisotopic (exact) mass is 233 g/mol. The number of hydrogen-bond donors (Lipinski definition) is 1. The Balaban J connectivity index is 2.05. The van der Waals surface area contributed by atoms with Crippen molar-refractivity contribution in [3.8, 4) is 0 Å². The molecule has 92 valence electrons. The smallest absolute Gasteiger partial charge is 0.126 e. The highest BCUT2D eigenvalue weighted by Gasteiger charge is 2.10. The molecule has 17 heavy (non-hydrogen) atoms. The van der Waals surface area contributed by atoms with E-state index in [1.165, 1.54) is 0 Å². The van der Waals surface area contributed by atoms with Crippen LogP contribution in [0.2, 0.25) is 0 Å². The standard InChI is InChI=1S/C13H19N3O/c1-9(2)16-8-12(7-14-16)15-11(4)13-6-5-10(3)17-13/h5-9,11,15H,1-4H3. The molecule has 2 heterocycles. The van der Waals surface area contributed by atoms with Crippen LogP contribution in [0.1, 0.15) is 44.4 Å². The maximum absolute atomic E-state index is 5.58. The summed E-state index contributed by atoms with van der Waals surface area (Å²) in [7, 11) is 0. The van der Waals surface area contributed by atoms with Crippen molar-refractivity contribution in [1.29, 1.82) is 0 Å². The maximum atomic E-state index is 5.58. The van der Waals surface area contributed by atoms with Gasteiger partial charge in [-0.15, -0.1) is 0 Å². The summed E-state index contributed by atoms with van der Waals surface area (Å²) >= 11 is 0. The zero-order valence-corrected chi connectivity index (χ0v) is 10.8. The third-order valence-corrected chi connectivity index (χ3v) is 2.70. The molecule has 0 saturated heterocycles. The first-order chi connectivity index (χ1) is 8.06. The lowest BCUT2D eigenvalue weighted by molar-refractivity contribution is 0.467. The fraction of sp³-hybridized carbons (Fsp3) is 0.462. The third-order valence-electron chi connectivity index (χ3n) is 2.70. The minimum absolute atomic E-state index is 0.147. The van der Waals surface area contributed by atoms with Gasteiger partial charge in [0.1, 0.15) is 11.5 Å². The molecule has 4 heteroatoms. The second-order valence-corrected chi connectivity index (χ2v) is 4.62. The Morgan fingerprint density at radius 3 is 2.59 bits per heavy atom. The molecule has 0 amide bonds. The molecule has 0 aliphatic heterocycles. The van der Waals surface area contributed by atoms with E-state index in [2.05, 4.69) is 31.2 Å². The first kappa shape index (κ1) is 11.8. The van der Waals surface area contributed by atoms with E-state index >= 15 is 0 Å². The van der Waals surface area contributed by atoms with Gasteiger partial charge in [0.25, 0.3) is 0 Å². The molecule has 4 nitrogen and oxygen atoms in total. The fourth-order valence-corrected chi connectivity index (χ4v) is 1.70. The molecule has 0 saturated carbocycles. The van der Waals surface area contributed by atoms with E-state index in [-0.39, 0.29) is 6.04 Å². The van der Waals surface area contributed by atoms with Crippen LogP contribution in [-0.4, -0.2) is 9.78 Å². The summed E-state index contributed by atoms with van der Waals surface area (Å²) in [6.45, 7) is 8.24. The van der Waals surface area contributed by atoms with Crippen LogP contribution in [0.5, 0.6) is 0 Å². The van der Waals surface area contributed by atoms with Crippen LogP contribution in [0.15, 0.2) is 28.9 Å². The minimum Gasteiger partial charge on any atom is -0.464 e. The molecule has 2 aromatic rings. The minimum atomic E-state index is 0.147. The summed E-state index contributed by atoms with van der Waals surface area (Å²) < 4.78 is 7.52. The molecule has 1 N–H and O–H groups in total. The SMILES string of the molecule is Cc1ccc(C(C)Nc2cnn(C(C)C)c2)o1. The Labute approximate surface area is 102 Å². The predicted molar refractivity (Wildman–Crippen MR) is 68.1 cm³/mol. The van der Waals surface area contributed by atoms with Gasteiger partial charge in [-0.2, -0.15) is 5.10 Å². The predicted octanol–water partition coefficient (Wildman–Crippen LogP) is 3.54. The molecule has 2 rings (SSSR count). The van der Waals surface area contributed by atoms with Gasteiger partial charge in [0.05, 0.1) is 17.9 Å². The number of nitrogens with zero attached hydrogens (tertiary/aromatic N) is 2. The Morgan fingerprint density at radius 1 is 1.29 bits per heavy atom. The van der Waals surface area contributed by atoms with Gasteiger partial charge < -0.3 is 9.73 Å². The van der Waals surface area contributed by atoms with E-state index < -0.39 is 0 Å². The lowest BCUT2D eigenvalue weighted by Gasteiger charge is -2.10. The van der Waals surface area contributed by atoms with Crippen molar-refractivity contribution in [2.24, 2.45) is 0 Å². The van der Waals surface area contributed by atoms with E-state index in [0.717, 1.165) is 17.2 Å². The third kappa shape index (κ3) is 2.70. The molecule has 0 fully saturated rings. The molecule has 1 unspecified atom stereocenters. The van der Waals surface area contributed by atoms with Crippen molar-refractivity contribution in [3.05, 3.63) is 36.0 Å². The molecule has 0 radical (unpaired) electrons. The number of furan rings is 1. The van der Waals surface area contributed by atoms with E-state index in [0.29, 0.717) is 6.04 Å². The van der Waals surface area contributed by atoms with Crippen LogP contribution < -0.4 is 5.32 Å². The van der Waals surface area contributed by atoms with Crippen molar-refractivity contribution < 1.29 is 4.42 Å². The molecule has 0 aromatic carbocycles. The van der Waals surface area contributed by atoms with Crippen LogP contribution in [0, 0.1) is 6.92 Å². The van der Waals surface area contributed by atoms with Gasteiger partial charge in [0.2, 0.25) is 0 Å². The van der Waals surface area contributed by atoms with Gasteiger partial charge in [-0.25, -0.2) is 0 Å². The summed E-state index contributed by atoms with van der Waals surface area (Å²) in [5.74, 6) is 1.88. The number of aromatic nitrogens is 2. The molecule has 0 aliphatic carbocycles. The van der Waals surface area contributed by atoms with Crippen molar-refractivity contribution in [2.45, 2.75) is 39.8 Å². The Bertz CT molecular complexity index is 484. The van der Waals surface area contributed by atoms with Crippen molar-refractivity contribution in [3.63, 3.8) is 0 Å². The molecule has 2 aromatic heterocycles. The Morgan fingerprint density at radius 2 is 2.06 bits per heavy atom. The molecule has 0 bridgehead atoms. The Hall–Kier alpha value is -1.71. The molecular formula is C13H19N3O. The van der Waals surface area contributed by atoms with Crippen LogP contribution in [0.4, 0.5) is 5.69 Å². The summed E-state index contributed by atoms with van der Waals surface area (Å²) in [6, 6.07) is 4.51. The van der Waals surface area contributed by atoms with Crippen LogP contribution in [0.3, 0.4) is 0 Å². The lowest BCUT2D eigenvalue weighted by atomic mass is 10.2. The Kier molecular flexibility index (Phi) is 3.22.